The van der Waals surface area contributed by atoms with E-state index < -0.39 is 54.2 Å². The minimum Gasteiger partial charge on any atom is -0.462 e. The van der Waals surface area contributed by atoms with E-state index >= 15 is 0 Å². The maximum Gasteiger partial charge on any atom is 0.412 e. The first-order valence-corrected chi connectivity index (χ1v) is 7.57. The molecule has 0 saturated carbocycles. The van der Waals surface area contributed by atoms with Crippen molar-refractivity contribution in [3.63, 3.8) is 0 Å². The monoisotopic (exact) mass is 409 g/mol. The second-order valence-electron chi connectivity index (χ2n) is 5.19. The van der Waals surface area contributed by atoms with Crippen LogP contribution in [-0.2, 0) is 14.3 Å². The molecule has 0 aliphatic rings. The molecule has 1 heterocycles. The molecule has 0 bridgehead atoms. The van der Waals surface area contributed by atoms with Gasteiger partial charge in [-0.1, -0.05) is 0 Å². The molecule has 4 N–H and O–H groups in total. The lowest BCUT2D eigenvalue weighted by Crippen LogP contribution is -2.53. The molecule has 156 valence electrons. The van der Waals surface area contributed by atoms with Gasteiger partial charge in [-0.05, 0) is 6.07 Å². The molecule has 1 aromatic rings. The van der Waals surface area contributed by atoms with Crippen molar-refractivity contribution in [3.8, 4) is 0 Å². The maximum absolute atomic E-state index is 13.9. The molecule has 1 amide bonds. The second kappa shape index (κ2) is 9.82. The predicted octanol–water partition coefficient (Wildman–Crippen LogP) is -1.66. The van der Waals surface area contributed by atoms with Crippen LogP contribution in [0.5, 0.6) is 0 Å². The lowest BCUT2D eigenvalue weighted by Gasteiger charge is -2.24. The van der Waals surface area contributed by atoms with Crippen molar-refractivity contribution in [1.82, 2.24) is 9.55 Å². The average Bonchev–Trinajstić information content (AvgIpc) is 2.63. The number of carbonyl (C=O) groups excluding carboxylic acids is 3. The van der Waals surface area contributed by atoms with E-state index in [2.05, 4.69) is 14.5 Å². The van der Waals surface area contributed by atoms with Gasteiger partial charge in [0, 0.05) is 13.1 Å². The Morgan fingerprint density at radius 3 is 2.43 bits per heavy atom. The van der Waals surface area contributed by atoms with Crippen LogP contribution in [0.3, 0.4) is 0 Å². The summed E-state index contributed by atoms with van der Waals surface area (Å²) in [6, 6.07) is 0.817. The van der Waals surface area contributed by atoms with Crippen molar-refractivity contribution in [2.75, 3.05) is 25.1 Å². The smallest absolute Gasteiger partial charge is 0.412 e. The Hall–Kier alpha value is -2.97. The lowest BCUT2D eigenvalue weighted by molar-refractivity contribution is -0.141. The number of hydrogen-bond acceptors (Lipinski definition) is 10. The molecule has 28 heavy (non-hydrogen) atoms. The highest BCUT2D eigenvalue weighted by molar-refractivity contribution is 5.87. The summed E-state index contributed by atoms with van der Waals surface area (Å²) < 4.78 is 36.7. The predicted molar refractivity (Wildman–Crippen MR) is 84.8 cm³/mol. The molecular weight excluding hydrogens is 392 g/mol. The molecule has 0 aromatic carbocycles. The topological polar surface area (TPSA) is 177 Å². The van der Waals surface area contributed by atoms with Gasteiger partial charge in [-0.25, -0.2) is 14.2 Å². The zero-order valence-electron chi connectivity index (χ0n) is 14.4. The molecule has 1 rings (SSSR count). The molecule has 0 fully saturated rings. The molecule has 14 heteroatoms. The summed E-state index contributed by atoms with van der Waals surface area (Å²) in [5, 5.41) is 28.9. The van der Waals surface area contributed by atoms with E-state index in [-0.39, 0.29) is 17.8 Å². The molecule has 1 aromatic heterocycles. The number of anilines is 1. The van der Waals surface area contributed by atoms with E-state index in [1.54, 1.807) is 0 Å². The van der Waals surface area contributed by atoms with Crippen LogP contribution in [0.2, 0.25) is 0 Å². The Balaban J connectivity index is 2.81. The third-order valence-electron chi connectivity index (χ3n) is 3.08. The fourth-order valence-corrected chi connectivity index (χ4v) is 1.72. The van der Waals surface area contributed by atoms with Crippen LogP contribution in [0, 0.1) is 0 Å². The number of amides is 1. The van der Waals surface area contributed by atoms with E-state index in [9.17, 15) is 33.1 Å². The average molecular weight is 409 g/mol. The number of carbonyl (C=O) groups is 3. The van der Waals surface area contributed by atoms with Gasteiger partial charge in [-0.3, -0.25) is 14.9 Å². The molecule has 0 saturated heterocycles. The molecule has 0 aliphatic heterocycles. The van der Waals surface area contributed by atoms with Gasteiger partial charge in [0.15, 0.2) is 6.10 Å². The van der Waals surface area contributed by atoms with Crippen LogP contribution in [0.1, 0.15) is 11.7 Å². The van der Waals surface area contributed by atoms with Crippen LogP contribution in [-0.4, -0.2) is 80.8 Å². The highest BCUT2D eigenvalue weighted by Crippen LogP contribution is 2.23. The van der Waals surface area contributed by atoms with Gasteiger partial charge in [0.2, 0.25) is 0 Å². The number of esters is 1. The first kappa shape index (κ1) is 23.1. The first-order valence-electron chi connectivity index (χ1n) is 7.57. The van der Waals surface area contributed by atoms with Crippen molar-refractivity contribution in [3.05, 3.63) is 22.7 Å². The van der Waals surface area contributed by atoms with E-state index in [1.165, 1.54) is 0 Å². The molecule has 0 radical (unpaired) electrons. The van der Waals surface area contributed by atoms with E-state index in [1.807, 2.05) is 5.32 Å². The highest BCUT2D eigenvalue weighted by Gasteiger charge is 2.50. The van der Waals surface area contributed by atoms with Crippen LogP contribution < -0.4 is 11.0 Å². The van der Waals surface area contributed by atoms with Gasteiger partial charge in [0.25, 0.3) is 0 Å². The van der Waals surface area contributed by atoms with Crippen molar-refractivity contribution >= 4 is 23.8 Å². The number of nitrogens with zero attached hydrogens (tertiary/aromatic N) is 2. The molecule has 0 aliphatic carbocycles. The van der Waals surface area contributed by atoms with Gasteiger partial charge >= 0.3 is 29.6 Å². The standard InChI is InChI=1S/C14H17F2N3O9/c1-7(21)27-4-5-28-13(26)18-9-2-3-19(12(25)17-9)11(24)14(15,16)10(23)8(22)6-20/h2-3,8,10,20,22-23H,4-6H2,1H3,(H,17,18,25,26)/t8-,10-/m1/s1. The normalized spacial score (nSPS) is 13.4. The number of alkyl halides is 2. The third-order valence-corrected chi connectivity index (χ3v) is 3.08. The number of aromatic nitrogens is 2. The number of halogens is 2. The SMILES string of the molecule is CC(=O)OCCOC(=O)Nc1ccn(C(=O)C(F)(F)[C@H](O)[C@H](O)CO)c(=O)n1. The van der Waals surface area contributed by atoms with Crippen LogP contribution in [0.4, 0.5) is 19.4 Å². The fraction of sp³-hybridized carbons (Fsp3) is 0.500. The molecular formula is C14H17F2N3O9. The number of aliphatic hydroxyl groups is 3. The molecule has 2 atom stereocenters. The van der Waals surface area contributed by atoms with Gasteiger partial charge in [0.1, 0.15) is 25.1 Å². The Morgan fingerprint density at radius 1 is 1.29 bits per heavy atom. The summed E-state index contributed by atoms with van der Waals surface area (Å²) in [6.07, 6.45) is -5.85. The Labute approximate surface area is 155 Å². The minimum absolute atomic E-state index is 0.148. The van der Waals surface area contributed by atoms with Gasteiger partial charge in [-0.2, -0.15) is 13.8 Å². The van der Waals surface area contributed by atoms with Crippen LogP contribution >= 0.6 is 0 Å². The Kier molecular flexibility index (Phi) is 8.09. The lowest BCUT2D eigenvalue weighted by atomic mass is 10.1. The zero-order chi connectivity index (χ0) is 21.5. The minimum atomic E-state index is -4.61. The summed E-state index contributed by atoms with van der Waals surface area (Å²) in [5.41, 5.74) is -1.52. The van der Waals surface area contributed by atoms with E-state index in [4.69, 9.17) is 10.2 Å². The number of nitrogens with one attached hydrogen (secondary N) is 1. The van der Waals surface area contributed by atoms with Crippen molar-refractivity contribution in [1.29, 1.82) is 0 Å². The Morgan fingerprint density at radius 2 is 1.89 bits per heavy atom. The van der Waals surface area contributed by atoms with Crippen molar-refractivity contribution in [2.45, 2.75) is 25.1 Å². The van der Waals surface area contributed by atoms with Crippen LogP contribution in [0.15, 0.2) is 17.1 Å². The zero-order valence-corrected chi connectivity index (χ0v) is 14.4. The fourth-order valence-electron chi connectivity index (χ4n) is 1.72. The summed E-state index contributed by atoms with van der Waals surface area (Å²) in [6.45, 7) is -0.630. The molecule has 0 unspecified atom stereocenters. The third kappa shape index (κ3) is 6.04. The summed E-state index contributed by atoms with van der Waals surface area (Å²) >= 11 is 0. The second-order valence-corrected chi connectivity index (χ2v) is 5.19. The number of rotatable bonds is 8. The number of hydrogen-bond donors (Lipinski definition) is 4. The summed E-state index contributed by atoms with van der Waals surface area (Å²) in [7, 11) is 0. The summed E-state index contributed by atoms with van der Waals surface area (Å²) in [5.74, 6) is -7.85. The highest BCUT2D eigenvalue weighted by atomic mass is 19.3. The van der Waals surface area contributed by atoms with E-state index in [0.29, 0.717) is 6.20 Å². The Bertz CT molecular complexity index is 784. The number of ether oxygens (including phenoxy) is 2. The van der Waals surface area contributed by atoms with Gasteiger partial charge < -0.3 is 24.8 Å². The molecule has 12 nitrogen and oxygen atoms in total. The maximum atomic E-state index is 13.9. The number of aliphatic hydroxyl groups excluding tert-OH is 3. The molecule has 0 spiro atoms. The van der Waals surface area contributed by atoms with E-state index in [0.717, 1.165) is 13.0 Å². The van der Waals surface area contributed by atoms with Crippen molar-refractivity contribution in [2.24, 2.45) is 0 Å². The first-order chi connectivity index (χ1) is 13.0. The van der Waals surface area contributed by atoms with Crippen LogP contribution in [0.25, 0.3) is 0 Å². The van der Waals surface area contributed by atoms with Crippen molar-refractivity contribution < 1.29 is 48.0 Å². The largest absolute Gasteiger partial charge is 0.462 e. The van der Waals surface area contributed by atoms with Gasteiger partial charge in [-0.15, -0.1) is 0 Å². The quantitative estimate of drug-likeness (QED) is 0.287. The summed E-state index contributed by atoms with van der Waals surface area (Å²) in [4.78, 5) is 48.7. The van der Waals surface area contributed by atoms with Gasteiger partial charge in [0.05, 0.1) is 6.61 Å².